The van der Waals surface area contributed by atoms with E-state index in [0.29, 0.717) is 30.2 Å². The normalized spacial score (nSPS) is 10.8. The Morgan fingerprint density at radius 3 is 1.85 bits per heavy atom. The Balaban J connectivity index is 2.08. The van der Waals surface area contributed by atoms with Gasteiger partial charge in [0.1, 0.15) is 5.75 Å². The summed E-state index contributed by atoms with van der Waals surface area (Å²) >= 11 is 0. The van der Waals surface area contributed by atoms with E-state index in [1.165, 1.54) is 83.5 Å². The monoisotopic (exact) mass is 476 g/mol. The summed E-state index contributed by atoms with van der Waals surface area (Å²) in [6.07, 6.45) is 20.0. The topological polar surface area (TPSA) is 90.7 Å². The van der Waals surface area contributed by atoms with Crippen molar-refractivity contribution < 1.29 is 19.1 Å². The summed E-state index contributed by atoms with van der Waals surface area (Å²) in [5.41, 5.74) is 6.83. The van der Waals surface area contributed by atoms with Crippen LogP contribution >= 0.6 is 0 Å². The van der Waals surface area contributed by atoms with Gasteiger partial charge in [0.25, 0.3) is 0 Å². The molecule has 1 aromatic rings. The van der Waals surface area contributed by atoms with Gasteiger partial charge < -0.3 is 20.5 Å². The van der Waals surface area contributed by atoms with Gasteiger partial charge in [0, 0.05) is 18.2 Å². The van der Waals surface area contributed by atoms with Crippen LogP contribution < -0.4 is 15.8 Å². The molecule has 0 fully saturated rings. The van der Waals surface area contributed by atoms with E-state index >= 15 is 0 Å². The van der Waals surface area contributed by atoms with Crippen molar-refractivity contribution in [2.45, 2.75) is 117 Å². The van der Waals surface area contributed by atoms with Crippen molar-refractivity contribution in [3.8, 4) is 5.75 Å². The van der Waals surface area contributed by atoms with Gasteiger partial charge in [0.15, 0.2) is 6.61 Å². The molecule has 0 aliphatic carbocycles. The lowest BCUT2D eigenvalue weighted by Gasteiger charge is -2.13. The molecule has 0 aliphatic rings. The van der Waals surface area contributed by atoms with Crippen LogP contribution in [0.4, 0.5) is 11.4 Å². The first-order valence-corrected chi connectivity index (χ1v) is 13.5. The number of unbranched alkanes of at least 4 members (excludes halogenated alkanes) is 14. The number of anilines is 2. The highest BCUT2D eigenvalue weighted by Gasteiger charge is 2.11. The van der Waals surface area contributed by atoms with Gasteiger partial charge in [0.05, 0.1) is 12.3 Å². The van der Waals surface area contributed by atoms with Crippen LogP contribution in [-0.4, -0.2) is 25.1 Å². The van der Waals surface area contributed by atoms with Gasteiger partial charge in [-0.2, -0.15) is 0 Å². The molecule has 0 heterocycles. The summed E-state index contributed by atoms with van der Waals surface area (Å²) < 4.78 is 10.4. The van der Waals surface area contributed by atoms with Crippen LogP contribution in [0.15, 0.2) is 18.2 Å². The Morgan fingerprint density at radius 1 is 0.794 bits per heavy atom. The zero-order chi connectivity index (χ0) is 24.9. The number of nitrogens with one attached hydrogen (secondary N) is 1. The van der Waals surface area contributed by atoms with Gasteiger partial charge in [-0.3, -0.25) is 4.79 Å². The molecular formula is C28H48N2O4. The van der Waals surface area contributed by atoms with Crippen LogP contribution in [0.25, 0.3) is 0 Å². The number of carbonyl (C=O) groups excluding carboxylic acids is 2. The van der Waals surface area contributed by atoms with Crippen molar-refractivity contribution in [1.29, 1.82) is 0 Å². The smallest absolute Gasteiger partial charge is 0.344 e. The summed E-state index contributed by atoms with van der Waals surface area (Å²) in [4.78, 5) is 23.9. The Kier molecular flexibility index (Phi) is 17.7. The number of hydrogen-bond acceptors (Lipinski definition) is 5. The zero-order valence-electron chi connectivity index (χ0n) is 21.7. The average molecular weight is 477 g/mol. The van der Waals surface area contributed by atoms with E-state index in [2.05, 4.69) is 12.2 Å². The summed E-state index contributed by atoms with van der Waals surface area (Å²) in [6, 6.07) is 4.99. The van der Waals surface area contributed by atoms with Crippen LogP contribution in [0.3, 0.4) is 0 Å². The van der Waals surface area contributed by atoms with Crippen molar-refractivity contribution in [2.24, 2.45) is 0 Å². The van der Waals surface area contributed by atoms with E-state index < -0.39 is 5.97 Å². The zero-order valence-corrected chi connectivity index (χ0v) is 21.7. The predicted octanol–water partition coefficient (Wildman–Crippen LogP) is 7.41. The van der Waals surface area contributed by atoms with Gasteiger partial charge >= 0.3 is 5.97 Å². The summed E-state index contributed by atoms with van der Waals surface area (Å²) in [5.74, 6) is -0.140. The number of esters is 1. The number of rotatable bonds is 21. The molecule has 6 heteroatoms. The number of ether oxygens (including phenoxy) is 2. The van der Waals surface area contributed by atoms with Gasteiger partial charge in [-0.15, -0.1) is 0 Å². The molecule has 0 bridgehead atoms. The van der Waals surface area contributed by atoms with Crippen LogP contribution in [0, 0.1) is 0 Å². The lowest BCUT2D eigenvalue weighted by molar-refractivity contribution is -0.145. The molecule has 1 aromatic carbocycles. The number of nitrogens with two attached hydrogens (primary N) is 1. The van der Waals surface area contributed by atoms with E-state index in [0.717, 1.165) is 12.8 Å². The second-order valence-electron chi connectivity index (χ2n) is 9.10. The molecular weight excluding hydrogens is 428 g/mol. The first-order valence-electron chi connectivity index (χ1n) is 13.5. The Hall–Kier alpha value is -2.24. The highest BCUT2D eigenvalue weighted by Crippen LogP contribution is 2.27. The number of benzene rings is 1. The second-order valence-corrected chi connectivity index (χ2v) is 9.10. The number of hydrogen-bond donors (Lipinski definition) is 2. The molecule has 0 unspecified atom stereocenters. The summed E-state index contributed by atoms with van der Waals surface area (Å²) in [7, 11) is 0. The fraction of sp³-hybridized carbons (Fsp3) is 0.714. The Labute approximate surface area is 207 Å². The van der Waals surface area contributed by atoms with E-state index in [4.69, 9.17) is 15.2 Å². The maximum Gasteiger partial charge on any atom is 0.344 e. The molecule has 0 saturated heterocycles. The molecule has 3 N–H and O–H groups in total. The number of amides is 1. The molecule has 0 radical (unpaired) electrons. The molecule has 0 aliphatic heterocycles. The highest BCUT2D eigenvalue weighted by molar-refractivity contribution is 5.92. The molecule has 194 valence electrons. The SMILES string of the molecule is CCCCCCCCCCCCCCCCCC(=O)Nc1ccc(N)cc1OCC(=O)OCC. The highest BCUT2D eigenvalue weighted by atomic mass is 16.6. The first-order chi connectivity index (χ1) is 16.6. The van der Waals surface area contributed by atoms with Crippen molar-refractivity contribution in [1.82, 2.24) is 0 Å². The average Bonchev–Trinajstić information content (AvgIpc) is 2.82. The largest absolute Gasteiger partial charge is 0.480 e. The molecule has 0 atom stereocenters. The maximum atomic E-state index is 12.3. The lowest BCUT2D eigenvalue weighted by Crippen LogP contribution is -2.17. The van der Waals surface area contributed by atoms with Crippen LogP contribution in [0.5, 0.6) is 5.75 Å². The van der Waals surface area contributed by atoms with E-state index in [-0.39, 0.29) is 12.5 Å². The van der Waals surface area contributed by atoms with Crippen LogP contribution in [0.2, 0.25) is 0 Å². The van der Waals surface area contributed by atoms with E-state index in [9.17, 15) is 9.59 Å². The molecule has 1 amide bonds. The van der Waals surface area contributed by atoms with Crippen LogP contribution in [0.1, 0.15) is 117 Å². The van der Waals surface area contributed by atoms with Gasteiger partial charge in [0.2, 0.25) is 5.91 Å². The Morgan fingerprint density at radius 2 is 1.32 bits per heavy atom. The maximum absolute atomic E-state index is 12.3. The molecule has 0 saturated carbocycles. The third kappa shape index (κ3) is 15.6. The van der Waals surface area contributed by atoms with E-state index in [1.54, 1.807) is 25.1 Å². The quantitative estimate of drug-likeness (QED) is 0.109. The van der Waals surface area contributed by atoms with Crippen molar-refractivity contribution in [3.05, 3.63) is 18.2 Å². The second kappa shape index (κ2) is 20.2. The minimum Gasteiger partial charge on any atom is -0.480 e. The number of nitrogen functional groups attached to an aromatic ring is 1. The molecule has 0 spiro atoms. The molecule has 1 rings (SSSR count). The fourth-order valence-electron chi connectivity index (χ4n) is 3.97. The van der Waals surface area contributed by atoms with Crippen molar-refractivity contribution >= 4 is 23.3 Å². The minimum absolute atomic E-state index is 0.0551. The molecule has 34 heavy (non-hydrogen) atoms. The van der Waals surface area contributed by atoms with Crippen molar-refractivity contribution in [3.63, 3.8) is 0 Å². The molecule has 6 nitrogen and oxygen atoms in total. The van der Waals surface area contributed by atoms with Gasteiger partial charge in [-0.1, -0.05) is 96.8 Å². The van der Waals surface area contributed by atoms with Gasteiger partial charge in [-0.05, 0) is 25.5 Å². The first kappa shape index (κ1) is 29.8. The third-order valence-electron chi connectivity index (χ3n) is 5.94. The summed E-state index contributed by atoms with van der Waals surface area (Å²) in [5, 5.41) is 2.87. The third-order valence-corrected chi connectivity index (χ3v) is 5.94. The van der Waals surface area contributed by atoms with Gasteiger partial charge in [-0.25, -0.2) is 4.79 Å². The fourth-order valence-corrected chi connectivity index (χ4v) is 3.97. The predicted molar refractivity (Wildman–Crippen MR) is 141 cm³/mol. The molecule has 0 aromatic heterocycles. The summed E-state index contributed by atoms with van der Waals surface area (Å²) in [6.45, 7) is 4.08. The standard InChI is InChI=1S/C28H48N2O4/c1-3-5-6-7-8-9-10-11-12-13-14-15-16-17-18-19-27(31)30-25-21-20-24(29)22-26(25)34-23-28(32)33-4-2/h20-22H,3-19,23,29H2,1-2H3,(H,30,31). The lowest BCUT2D eigenvalue weighted by atomic mass is 10.0. The minimum atomic E-state index is -0.458. The van der Waals surface area contributed by atoms with Crippen LogP contribution in [-0.2, 0) is 14.3 Å². The number of carbonyl (C=O) groups is 2. The van der Waals surface area contributed by atoms with Crippen molar-refractivity contribution in [2.75, 3.05) is 24.3 Å². The Bertz CT molecular complexity index is 678. The van der Waals surface area contributed by atoms with E-state index in [1.807, 2.05) is 0 Å².